The Balaban J connectivity index is 1.72. The minimum absolute atomic E-state index is 0.0158. The smallest absolute Gasteiger partial charge is 0.254 e. The molecule has 0 atom stereocenters. The largest absolute Gasteiger partial charge is 0.375 e. The van der Waals surface area contributed by atoms with E-state index in [0.717, 1.165) is 47.7 Å². The van der Waals surface area contributed by atoms with Crippen molar-refractivity contribution in [3.63, 3.8) is 0 Å². The first-order chi connectivity index (χ1) is 17.8. The zero-order valence-corrected chi connectivity index (χ0v) is 22.5. The zero-order chi connectivity index (χ0) is 26.5. The predicted molar refractivity (Wildman–Crippen MR) is 146 cm³/mol. The fraction of sp³-hybridized carbons (Fsp3) is 0.448. The highest BCUT2D eigenvalue weighted by molar-refractivity contribution is 5.98. The molecule has 2 amide bonds. The van der Waals surface area contributed by atoms with Gasteiger partial charge in [0.2, 0.25) is 0 Å². The maximum absolute atomic E-state index is 13.9. The monoisotopic (exact) mass is 503 g/mol. The molecule has 4 rings (SSSR count). The van der Waals surface area contributed by atoms with Gasteiger partial charge in [-0.15, -0.1) is 0 Å². The van der Waals surface area contributed by atoms with Crippen molar-refractivity contribution in [3.05, 3.63) is 65.0 Å². The number of nitrogens with zero attached hydrogens (tertiary/aromatic N) is 5. The lowest BCUT2D eigenvalue weighted by Crippen LogP contribution is -2.41. The van der Waals surface area contributed by atoms with Crippen molar-refractivity contribution < 1.29 is 14.3 Å². The number of aromatic nitrogens is 2. The van der Waals surface area contributed by atoms with Crippen LogP contribution in [0.15, 0.2) is 42.5 Å². The maximum Gasteiger partial charge on any atom is 0.254 e. The van der Waals surface area contributed by atoms with Gasteiger partial charge in [-0.2, -0.15) is 0 Å². The van der Waals surface area contributed by atoms with E-state index in [1.165, 1.54) is 7.11 Å². The summed E-state index contributed by atoms with van der Waals surface area (Å²) in [6.45, 7) is 11.4. The van der Waals surface area contributed by atoms with Gasteiger partial charge in [-0.1, -0.05) is 18.2 Å². The fourth-order valence-electron chi connectivity index (χ4n) is 4.80. The molecule has 8 heteroatoms. The number of anilines is 1. The summed E-state index contributed by atoms with van der Waals surface area (Å²) in [5.41, 5.74) is 5.58. The quantitative estimate of drug-likeness (QED) is 0.536. The summed E-state index contributed by atoms with van der Waals surface area (Å²) in [5, 5.41) is 0. The number of ether oxygens (including phenoxy) is 1. The average molecular weight is 504 g/mol. The average Bonchev–Trinajstić information content (AvgIpc) is 2.91. The van der Waals surface area contributed by atoms with Gasteiger partial charge in [-0.05, 0) is 63.9 Å². The van der Waals surface area contributed by atoms with E-state index < -0.39 is 0 Å². The highest BCUT2D eigenvalue weighted by Gasteiger charge is 2.25. The number of hydrogen-bond donors (Lipinski definition) is 0. The molecule has 2 aromatic carbocycles. The first-order valence-electron chi connectivity index (χ1n) is 12.9. The molecule has 0 saturated heterocycles. The number of carbonyl (C=O) groups excluding carboxylic acids is 2. The summed E-state index contributed by atoms with van der Waals surface area (Å²) in [4.78, 5) is 42.3. The molecule has 0 bridgehead atoms. The van der Waals surface area contributed by atoms with Gasteiger partial charge >= 0.3 is 0 Å². The molecule has 3 aromatic rings. The lowest BCUT2D eigenvalue weighted by Gasteiger charge is -2.30. The summed E-state index contributed by atoms with van der Waals surface area (Å²) >= 11 is 0. The molecule has 196 valence electrons. The summed E-state index contributed by atoms with van der Waals surface area (Å²) < 4.78 is 5.17. The minimum atomic E-state index is -0.0815. The predicted octanol–water partition coefficient (Wildman–Crippen LogP) is 3.98. The van der Waals surface area contributed by atoms with E-state index in [2.05, 4.69) is 28.7 Å². The van der Waals surface area contributed by atoms with Crippen molar-refractivity contribution in [2.75, 3.05) is 44.8 Å². The van der Waals surface area contributed by atoms with E-state index in [9.17, 15) is 9.59 Å². The Morgan fingerprint density at radius 2 is 1.68 bits per heavy atom. The summed E-state index contributed by atoms with van der Waals surface area (Å²) in [5.74, 6) is -0.142. The van der Waals surface area contributed by atoms with E-state index in [-0.39, 0.29) is 18.4 Å². The fourth-order valence-corrected chi connectivity index (χ4v) is 4.80. The van der Waals surface area contributed by atoms with E-state index in [1.807, 2.05) is 66.1 Å². The number of benzene rings is 2. The van der Waals surface area contributed by atoms with Crippen molar-refractivity contribution >= 4 is 28.5 Å². The normalized spacial score (nSPS) is 15.5. The number of fused-ring (bicyclic) bond motifs is 2. The van der Waals surface area contributed by atoms with Crippen LogP contribution in [-0.2, 0) is 16.1 Å². The third kappa shape index (κ3) is 6.14. The van der Waals surface area contributed by atoms with Crippen LogP contribution in [-0.4, -0.2) is 77.5 Å². The topological polar surface area (TPSA) is 78.9 Å². The first kappa shape index (κ1) is 26.7. The molecule has 8 nitrogen and oxygen atoms in total. The molecule has 0 saturated carbocycles. The molecule has 1 aliphatic rings. The molecule has 1 aliphatic heterocycles. The molecule has 0 aliphatic carbocycles. The number of methoxy groups -OCH3 is 1. The van der Waals surface area contributed by atoms with Crippen molar-refractivity contribution in [1.82, 2.24) is 19.8 Å². The number of carbonyl (C=O) groups is 2. The number of rotatable bonds is 4. The Morgan fingerprint density at radius 1 is 0.946 bits per heavy atom. The lowest BCUT2D eigenvalue weighted by molar-refractivity contribution is -0.122. The molecule has 1 aromatic heterocycles. The van der Waals surface area contributed by atoms with Gasteiger partial charge in [0.05, 0.1) is 22.4 Å². The van der Waals surface area contributed by atoms with E-state index >= 15 is 0 Å². The third-order valence-corrected chi connectivity index (χ3v) is 7.04. The second kappa shape index (κ2) is 11.8. The SMILES string of the molecule is COCC(=O)N1CCCN(C(C)C)CCN(C(=O)c2ccc3nc(C)c(C)nc3c2)Cc2ccccc21. The van der Waals surface area contributed by atoms with Gasteiger partial charge in [-0.3, -0.25) is 14.5 Å². The molecule has 0 unspecified atom stereocenters. The van der Waals surface area contributed by atoms with Gasteiger partial charge in [0.15, 0.2) is 0 Å². The summed E-state index contributed by atoms with van der Waals surface area (Å²) in [6, 6.07) is 13.7. The maximum atomic E-state index is 13.9. The number of hydrogen-bond acceptors (Lipinski definition) is 6. The van der Waals surface area contributed by atoms with E-state index in [0.29, 0.717) is 36.8 Å². The van der Waals surface area contributed by atoms with Crippen LogP contribution >= 0.6 is 0 Å². The first-order valence-corrected chi connectivity index (χ1v) is 12.9. The van der Waals surface area contributed by atoms with Crippen molar-refractivity contribution in [1.29, 1.82) is 0 Å². The van der Waals surface area contributed by atoms with Crippen LogP contribution in [0.1, 0.15) is 47.6 Å². The third-order valence-electron chi connectivity index (χ3n) is 7.04. The van der Waals surface area contributed by atoms with Crippen LogP contribution in [0.3, 0.4) is 0 Å². The van der Waals surface area contributed by atoms with Crippen LogP contribution < -0.4 is 4.90 Å². The molecule has 0 spiro atoms. The van der Waals surface area contributed by atoms with Crippen molar-refractivity contribution in [3.8, 4) is 0 Å². The molecular weight excluding hydrogens is 466 g/mol. The number of para-hydroxylation sites is 1. The van der Waals surface area contributed by atoms with Crippen molar-refractivity contribution in [2.24, 2.45) is 0 Å². The van der Waals surface area contributed by atoms with E-state index in [4.69, 9.17) is 4.74 Å². The molecule has 0 radical (unpaired) electrons. The summed E-state index contributed by atoms with van der Waals surface area (Å²) in [7, 11) is 1.54. The molecule has 0 fully saturated rings. The van der Waals surface area contributed by atoms with Gasteiger partial charge < -0.3 is 14.5 Å². The van der Waals surface area contributed by atoms with Gasteiger partial charge in [0.1, 0.15) is 6.61 Å². The second-order valence-electron chi connectivity index (χ2n) is 9.92. The second-order valence-corrected chi connectivity index (χ2v) is 9.92. The Labute approximate surface area is 219 Å². The van der Waals surface area contributed by atoms with Gasteiger partial charge in [0.25, 0.3) is 11.8 Å². The van der Waals surface area contributed by atoms with Gasteiger partial charge in [0, 0.05) is 57.1 Å². The van der Waals surface area contributed by atoms with E-state index in [1.54, 1.807) is 0 Å². The minimum Gasteiger partial charge on any atom is -0.375 e. The highest BCUT2D eigenvalue weighted by atomic mass is 16.5. The molecule has 37 heavy (non-hydrogen) atoms. The Morgan fingerprint density at radius 3 is 2.41 bits per heavy atom. The van der Waals surface area contributed by atoms with Crippen LogP contribution in [0.2, 0.25) is 0 Å². The van der Waals surface area contributed by atoms with Crippen LogP contribution in [0.25, 0.3) is 11.0 Å². The Kier molecular flexibility index (Phi) is 8.51. The lowest BCUT2D eigenvalue weighted by atomic mass is 10.1. The van der Waals surface area contributed by atoms with Crippen LogP contribution in [0, 0.1) is 13.8 Å². The van der Waals surface area contributed by atoms with Gasteiger partial charge in [-0.25, -0.2) is 9.97 Å². The highest BCUT2D eigenvalue weighted by Crippen LogP contribution is 2.25. The Bertz CT molecular complexity index is 1280. The number of aryl methyl sites for hydroxylation is 2. The molecule has 2 heterocycles. The molecule has 0 N–H and O–H groups in total. The van der Waals surface area contributed by atoms with Crippen LogP contribution in [0.5, 0.6) is 0 Å². The number of amides is 2. The van der Waals surface area contributed by atoms with Crippen molar-refractivity contribution in [2.45, 2.75) is 46.7 Å². The molecular formula is C29H37N5O3. The van der Waals surface area contributed by atoms with Crippen LogP contribution in [0.4, 0.5) is 5.69 Å². The zero-order valence-electron chi connectivity index (χ0n) is 22.5. The Hall–Kier alpha value is -3.36. The summed E-state index contributed by atoms with van der Waals surface area (Å²) in [6.07, 6.45) is 0.831. The standard InChI is InChI=1S/C29H37N5O3/c1-20(2)32-13-8-14-34(28(35)19-37-5)27-10-7-6-9-24(27)18-33(16-15-32)29(36)23-11-12-25-26(17-23)31-22(4)21(3)30-25/h6-7,9-12,17,20H,8,13-16,18-19H2,1-5H3.